The molecule has 0 aliphatic rings. The number of para-hydroxylation sites is 1. The van der Waals surface area contributed by atoms with E-state index >= 15 is 0 Å². The molecule has 106 valence electrons. The van der Waals surface area contributed by atoms with E-state index in [1.54, 1.807) is 30.3 Å². The number of anilines is 1. The summed E-state index contributed by atoms with van der Waals surface area (Å²) in [5, 5.41) is 0.268. The maximum absolute atomic E-state index is 13.4. The van der Waals surface area contributed by atoms with Crippen LogP contribution in [0.4, 0.5) is 10.1 Å². The summed E-state index contributed by atoms with van der Waals surface area (Å²) in [4.78, 5) is 0. The first-order chi connectivity index (χ1) is 9.66. The highest BCUT2D eigenvalue weighted by Crippen LogP contribution is 2.27. The van der Waals surface area contributed by atoms with Crippen molar-refractivity contribution in [2.45, 2.75) is 6.42 Å². The normalized spacial score (nSPS) is 10.3. The number of hydrogen-bond donors (Lipinski definition) is 1. The molecule has 0 fully saturated rings. The summed E-state index contributed by atoms with van der Waals surface area (Å²) < 4.78 is 24.2. The first-order valence-electron chi connectivity index (χ1n) is 6.22. The summed E-state index contributed by atoms with van der Waals surface area (Å²) in [7, 11) is 0. The van der Waals surface area contributed by atoms with Gasteiger partial charge in [0.05, 0.1) is 18.2 Å². The van der Waals surface area contributed by atoms with Crippen LogP contribution in [0.25, 0.3) is 0 Å². The summed E-state index contributed by atoms with van der Waals surface area (Å²) in [6.45, 7) is 0.797. The molecule has 5 heteroatoms. The van der Waals surface area contributed by atoms with E-state index in [1.165, 1.54) is 12.1 Å². The number of ether oxygens (including phenoxy) is 2. The van der Waals surface area contributed by atoms with Gasteiger partial charge in [0.1, 0.15) is 5.75 Å². The van der Waals surface area contributed by atoms with Gasteiger partial charge < -0.3 is 15.2 Å². The van der Waals surface area contributed by atoms with Crippen LogP contribution in [-0.2, 0) is 0 Å². The van der Waals surface area contributed by atoms with E-state index in [4.69, 9.17) is 26.8 Å². The monoisotopic (exact) mass is 295 g/mol. The van der Waals surface area contributed by atoms with Crippen LogP contribution in [0.3, 0.4) is 0 Å². The zero-order chi connectivity index (χ0) is 14.4. The number of rotatable bonds is 6. The van der Waals surface area contributed by atoms with Crippen LogP contribution in [0.15, 0.2) is 42.5 Å². The van der Waals surface area contributed by atoms with Gasteiger partial charge in [0.25, 0.3) is 0 Å². The lowest BCUT2D eigenvalue weighted by molar-refractivity contribution is 0.241. The largest absolute Gasteiger partial charge is 0.493 e. The Morgan fingerprint density at radius 1 is 1.00 bits per heavy atom. The molecule has 0 saturated carbocycles. The van der Waals surface area contributed by atoms with Gasteiger partial charge in [-0.2, -0.15) is 0 Å². The fourth-order valence-electron chi connectivity index (χ4n) is 1.61. The highest BCUT2D eigenvalue weighted by molar-refractivity contribution is 6.32. The third-order valence-electron chi connectivity index (χ3n) is 2.60. The lowest BCUT2D eigenvalue weighted by Crippen LogP contribution is -2.06. The molecule has 0 aliphatic heterocycles. The Hall–Kier alpha value is -1.94. The molecular formula is C15H15ClFNO2. The summed E-state index contributed by atoms with van der Waals surface area (Å²) in [5.74, 6) is 0.363. The molecule has 0 heterocycles. The van der Waals surface area contributed by atoms with Gasteiger partial charge in [0.15, 0.2) is 11.6 Å². The Balaban J connectivity index is 1.73. The van der Waals surface area contributed by atoms with Crippen molar-refractivity contribution < 1.29 is 13.9 Å². The fraction of sp³-hybridized carbons (Fsp3) is 0.200. The van der Waals surface area contributed by atoms with Gasteiger partial charge in [0, 0.05) is 12.1 Å². The lowest BCUT2D eigenvalue weighted by Gasteiger charge is -2.09. The molecule has 0 spiro atoms. The minimum absolute atomic E-state index is 0.0849. The molecule has 2 aromatic carbocycles. The molecule has 0 bridgehead atoms. The van der Waals surface area contributed by atoms with Crippen LogP contribution >= 0.6 is 11.6 Å². The van der Waals surface area contributed by atoms with Crippen LogP contribution in [0.5, 0.6) is 11.5 Å². The molecule has 0 saturated heterocycles. The van der Waals surface area contributed by atoms with Crippen molar-refractivity contribution >= 4 is 17.3 Å². The molecular weight excluding hydrogens is 281 g/mol. The van der Waals surface area contributed by atoms with Gasteiger partial charge in [0.2, 0.25) is 0 Å². The smallest absolute Gasteiger partial charge is 0.173 e. The molecule has 0 radical (unpaired) electrons. The number of halogens is 2. The van der Waals surface area contributed by atoms with Crippen molar-refractivity contribution in [1.29, 1.82) is 0 Å². The summed E-state index contributed by atoms with van der Waals surface area (Å²) in [6, 6.07) is 11.6. The van der Waals surface area contributed by atoms with Gasteiger partial charge in [-0.25, -0.2) is 4.39 Å². The molecule has 0 atom stereocenters. The predicted octanol–water partition coefficient (Wildman–Crippen LogP) is 3.91. The molecule has 0 aliphatic carbocycles. The lowest BCUT2D eigenvalue weighted by atomic mass is 10.3. The average molecular weight is 296 g/mol. The van der Waals surface area contributed by atoms with Gasteiger partial charge in [-0.15, -0.1) is 0 Å². The number of benzene rings is 2. The van der Waals surface area contributed by atoms with Crippen LogP contribution in [0.2, 0.25) is 5.02 Å². The Bertz CT molecular complexity index is 540. The summed E-state index contributed by atoms with van der Waals surface area (Å²) >= 11 is 5.84. The van der Waals surface area contributed by atoms with Crippen molar-refractivity contribution in [3.63, 3.8) is 0 Å². The van der Waals surface area contributed by atoms with Gasteiger partial charge in [-0.3, -0.25) is 0 Å². The van der Waals surface area contributed by atoms with Gasteiger partial charge in [-0.05, 0) is 36.4 Å². The maximum atomic E-state index is 13.4. The molecule has 20 heavy (non-hydrogen) atoms. The first kappa shape index (κ1) is 14.5. The topological polar surface area (TPSA) is 44.5 Å². The van der Waals surface area contributed by atoms with E-state index in [0.29, 0.717) is 25.3 Å². The standard InChI is InChI=1S/C15H15ClFNO2/c16-13-3-1-4-14(17)15(13)20-10-2-9-19-12-7-5-11(18)6-8-12/h1,3-8H,2,9-10,18H2. The molecule has 2 N–H and O–H groups in total. The molecule has 0 unspecified atom stereocenters. The third-order valence-corrected chi connectivity index (χ3v) is 2.90. The van der Waals surface area contributed by atoms with Crippen molar-refractivity contribution in [3.05, 3.63) is 53.3 Å². The van der Waals surface area contributed by atoms with E-state index in [0.717, 1.165) is 5.75 Å². The minimum Gasteiger partial charge on any atom is -0.493 e. The van der Waals surface area contributed by atoms with Crippen LogP contribution in [0.1, 0.15) is 6.42 Å². The highest BCUT2D eigenvalue weighted by Gasteiger charge is 2.07. The number of nitrogens with two attached hydrogens (primary N) is 1. The van der Waals surface area contributed by atoms with E-state index in [2.05, 4.69) is 0 Å². The molecule has 2 aromatic rings. The highest BCUT2D eigenvalue weighted by atomic mass is 35.5. The second-order valence-corrected chi connectivity index (χ2v) is 4.58. The van der Waals surface area contributed by atoms with E-state index in [9.17, 15) is 4.39 Å². The van der Waals surface area contributed by atoms with E-state index in [1.807, 2.05) is 0 Å². The molecule has 0 amide bonds. The maximum Gasteiger partial charge on any atom is 0.173 e. The third kappa shape index (κ3) is 4.03. The quantitative estimate of drug-likeness (QED) is 0.649. The minimum atomic E-state index is -0.461. The van der Waals surface area contributed by atoms with Gasteiger partial charge >= 0.3 is 0 Å². The zero-order valence-corrected chi connectivity index (χ0v) is 11.6. The van der Waals surface area contributed by atoms with Crippen LogP contribution in [-0.4, -0.2) is 13.2 Å². The van der Waals surface area contributed by atoms with Crippen molar-refractivity contribution in [2.24, 2.45) is 0 Å². The van der Waals surface area contributed by atoms with Gasteiger partial charge in [-0.1, -0.05) is 17.7 Å². The molecule has 2 rings (SSSR count). The fourth-order valence-corrected chi connectivity index (χ4v) is 1.83. The Morgan fingerprint density at radius 2 is 1.70 bits per heavy atom. The predicted molar refractivity (Wildman–Crippen MR) is 77.9 cm³/mol. The van der Waals surface area contributed by atoms with Crippen molar-refractivity contribution in [1.82, 2.24) is 0 Å². The van der Waals surface area contributed by atoms with Crippen LogP contribution in [0, 0.1) is 5.82 Å². The number of hydrogen-bond acceptors (Lipinski definition) is 3. The zero-order valence-electron chi connectivity index (χ0n) is 10.8. The second kappa shape index (κ2) is 7.01. The van der Waals surface area contributed by atoms with Crippen molar-refractivity contribution in [2.75, 3.05) is 18.9 Å². The van der Waals surface area contributed by atoms with E-state index in [-0.39, 0.29) is 10.8 Å². The Morgan fingerprint density at radius 3 is 2.40 bits per heavy atom. The van der Waals surface area contributed by atoms with Crippen LogP contribution < -0.4 is 15.2 Å². The Kier molecular flexibility index (Phi) is 5.07. The second-order valence-electron chi connectivity index (χ2n) is 4.17. The number of nitrogen functional groups attached to an aromatic ring is 1. The van der Waals surface area contributed by atoms with Crippen molar-refractivity contribution in [3.8, 4) is 11.5 Å². The molecule has 3 nitrogen and oxygen atoms in total. The molecule has 0 aromatic heterocycles. The average Bonchev–Trinajstić information content (AvgIpc) is 2.43. The summed E-state index contributed by atoms with van der Waals surface area (Å²) in [5.41, 5.74) is 6.26. The summed E-state index contributed by atoms with van der Waals surface area (Å²) in [6.07, 6.45) is 0.620. The Labute approximate surface area is 122 Å². The van der Waals surface area contributed by atoms with E-state index < -0.39 is 5.82 Å². The SMILES string of the molecule is Nc1ccc(OCCCOc2c(F)cccc2Cl)cc1. The first-order valence-corrected chi connectivity index (χ1v) is 6.60.